The molecule has 6 heteroatoms. The van der Waals surface area contributed by atoms with Crippen LogP contribution in [-0.2, 0) is 9.59 Å². The summed E-state index contributed by atoms with van der Waals surface area (Å²) in [6.07, 6.45) is 2.07. The number of hydrogen-bond acceptors (Lipinski definition) is 2. The van der Waals surface area contributed by atoms with E-state index in [1.54, 1.807) is 0 Å². The number of carboxylic acids is 1. The first-order chi connectivity index (χ1) is 8.54. The smallest absolute Gasteiger partial charge is 0.331 e. The standard InChI is InChI=1S/C12H11ClFNO3/c13-10-5-7(14)1-4-9(10)11(12(17)18)15(6-16)8-2-3-8/h1,4-6,8,11H,2-3H2,(H,17,18). The molecule has 1 amide bonds. The van der Waals surface area contributed by atoms with Gasteiger partial charge in [0, 0.05) is 16.6 Å². The monoisotopic (exact) mass is 271 g/mol. The second kappa shape index (κ2) is 4.94. The number of hydrogen-bond donors (Lipinski definition) is 1. The molecule has 4 nitrogen and oxygen atoms in total. The van der Waals surface area contributed by atoms with Crippen LogP contribution < -0.4 is 0 Å². The van der Waals surface area contributed by atoms with Gasteiger partial charge < -0.3 is 10.0 Å². The molecule has 1 aromatic rings. The zero-order chi connectivity index (χ0) is 13.3. The van der Waals surface area contributed by atoms with Gasteiger partial charge >= 0.3 is 5.97 Å². The third-order valence-electron chi connectivity index (χ3n) is 2.88. The van der Waals surface area contributed by atoms with Gasteiger partial charge in [0.05, 0.1) is 0 Å². The Labute approximate surface area is 108 Å². The fraction of sp³-hybridized carbons (Fsp3) is 0.333. The van der Waals surface area contributed by atoms with Gasteiger partial charge in [0.15, 0.2) is 6.04 Å². The first-order valence-electron chi connectivity index (χ1n) is 5.45. The number of benzene rings is 1. The Morgan fingerprint density at radius 1 is 1.56 bits per heavy atom. The average Bonchev–Trinajstić information content (AvgIpc) is 3.10. The SMILES string of the molecule is O=CN(C1CC1)C(C(=O)O)c1ccc(F)cc1Cl. The summed E-state index contributed by atoms with van der Waals surface area (Å²) >= 11 is 5.85. The van der Waals surface area contributed by atoms with E-state index >= 15 is 0 Å². The van der Waals surface area contributed by atoms with E-state index in [0.29, 0.717) is 6.41 Å². The molecule has 0 aromatic heterocycles. The van der Waals surface area contributed by atoms with E-state index in [2.05, 4.69) is 0 Å². The molecule has 0 heterocycles. The largest absolute Gasteiger partial charge is 0.479 e. The van der Waals surface area contributed by atoms with E-state index in [9.17, 15) is 19.1 Å². The van der Waals surface area contributed by atoms with Crippen LogP contribution in [0.2, 0.25) is 5.02 Å². The molecule has 96 valence electrons. The maximum Gasteiger partial charge on any atom is 0.331 e. The van der Waals surface area contributed by atoms with E-state index in [1.807, 2.05) is 0 Å². The van der Waals surface area contributed by atoms with E-state index in [1.165, 1.54) is 11.0 Å². The zero-order valence-electron chi connectivity index (χ0n) is 9.35. The van der Waals surface area contributed by atoms with Crippen LogP contribution in [0.4, 0.5) is 4.39 Å². The third kappa shape index (κ3) is 2.46. The second-order valence-electron chi connectivity index (χ2n) is 4.19. The molecule has 2 rings (SSSR count). The van der Waals surface area contributed by atoms with Crippen molar-refractivity contribution in [1.82, 2.24) is 4.90 Å². The first kappa shape index (κ1) is 12.8. The quantitative estimate of drug-likeness (QED) is 0.836. The topological polar surface area (TPSA) is 57.6 Å². The molecular weight excluding hydrogens is 261 g/mol. The van der Waals surface area contributed by atoms with Crippen molar-refractivity contribution in [3.63, 3.8) is 0 Å². The van der Waals surface area contributed by atoms with E-state index in [0.717, 1.165) is 25.0 Å². The lowest BCUT2D eigenvalue weighted by Crippen LogP contribution is -2.35. The van der Waals surface area contributed by atoms with Gasteiger partial charge in [-0.15, -0.1) is 0 Å². The second-order valence-corrected chi connectivity index (χ2v) is 4.60. The Bertz CT molecular complexity index is 490. The minimum absolute atomic E-state index is 0.00917. The van der Waals surface area contributed by atoms with Gasteiger partial charge in [0.25, 0.3) is 0 Å². The summed E-state index contributed by atoms with van der Waals surface area (Å²) < 4.78 is 13.0. The molecule has 0 bridgehead atoms. The van der Waals surface area contributed by atoms with Crippen LogP contribution in [0.5, 0.6) is 0 Å². The maximum atomic E-state index is 13.0. The molecule has 1 fully saturated rings. The summed E-state index contributed by atoms with van der Waals surface area (Å²) in [6.45, 7) is 0. The van der Waals surface area contributed by atoms with Crippen molar-refractivity contribution in [2.45, 2.75) is 24.9 Å². The molecule has 1 aliphatic rings. The molecule has 1 aliphatic carbocycles. The Morgan fingerprint density at radius 2 is 2.22 bits per heavy atom. The van der Waals surface area contributed by atoms with Crippen LogP contribution in [0.3, 0.4) is 0 Å². The fourth-order valence-electron chi connectivity index (χ4n) is 1.87. The number of nitrogens with zero attached hydrogens (tertiary/aromatic N) is 1. The molecule has 0 aliphatic heterocycles. The minimum Gasteiger partial charge on any atom is -0.479 e. The molecule has 1 atom stereocenters. The molecule has 0 radical (unpaired) electrons. The lowest BCUT2D eigenvalue weighted by molar-refractivity contribution is -0.147. The van der Waals surface area contributed by atoms with Gasteiger partial charge in [-0.25, -0.2) is 9.18 Å². The summed E-state index contributed by atoms with van der Waals surface area (Å²) in [6, 6.07) is 2.25. The van der Waals surface area contributed by atoms with Crippen LogP contribution in [0.1, 0.15) is 24.4 Å². The Morgan fingerprint density at radius 3 is 2.67 bits per heavy atom. The summed E-state index contributed by atoms with van der Waals surface area (Å²) in [5, 5.41) is 9.25. The van der Waals surface area contributed by atoms with Crippen molar-refractivity contribution in [1.29, 1.82) is 0 Å². The highest BCUT2D eigenvalue weighted by Gasteiger charge is 2.38. The van der Waals surface area contributed by atoms with E-state index in [4.69, 9.17) is 11.6 Å². The molecule has 0 spiro atoms. The normalized spacial score (nSPS) is 16.1. The molecular formula is C12H11ClFNO3. The third-order valence-corrected chi connectivity index (χ3v) is 3.21. The molecule has 1 unspecified atom stereocenters. The van der Waals surface area contributed by atoms with Gasteiger partial charge in [-0.3, -0.25) is 4.79 Å². The Balaban J connectivity index is 2.40. The van der Waals surface area contributed by atoms with Crippen molar-refractivity contribution in [2.75, 3.05) is 0 Å². The Hall–Kier alpha value is -1.62. The highest BCUT2D eigenvalue weighted by atomic mass is 35.5. The Kier molecular flexibility index (Phi) is 3.52. The maximum absolute atomic E-state index is 13.0. The van der Waals surface area contributed by atoms with Crippen LogP contribution >= 0.6 is 11.6 Å². The van der Waals surface area contributed by atoms with Gasteiger partial charge in [0.1, 0.15) is 5.82 Å². The summed E-state index contributed by atoms with van der Waals surface area (Å²) in [7, 11) is 0. The molecule has 18 heavy (non-hydrogen) atoms. The number of aliphatic carboxylic acids is 1. The van der Waals surface area contributed by atoms with Crippen molar-refractivity contribution in [3.8, 4) is 0 Å². The molecule has 1 saturated carbocycles. The summed E-state index contributed by atoms with van der Waals surface area (Å²) in [5.41, 5.74) is 0.226. The number of carbonyl (C=O) groups excluding carboxylic acids is 1. The van der Waals surface area contributed by atoms with Gasteiger partial charge in [-0.2, -0.15) is 0 Å². The lowest BCUT2D eigenvalue weighted by Gasteiger charge is -2.25. The van der Waals surface area contributed by atoms with Crippen LogP contribution in [0.25, 0.3) is 0 Å². The van der Waals surface area contributed by atoms with Crippen molar-refractivity contribution in [2.24, 2.45) is 0 Å². The zero-order valence-corrected chi connectivity index (χ0v) is 10.1. The number of halogens is 2. The molecule has 1 aromatic carbocycles. The number of carbonyl (C=O) groups is 2. The molecule has 0 saturated heterocycles. The van der Waals surface area contributed by atoms with Gasteiger partial charge in [-0.05, 0) is 25.0 Å². The summed E-state index contributed by atoms with van der Waals surface area (Å²) in [4.78, 5) is 23.6. The van der Waals surface area contributed by atoms with Crippen LogP contribution in [0.15, 0.2) is 18.2 Å². The first-order valence-corrected chi connectivity index (χ1v) is 5.83. The number of carboxylic acid groups (broad SMARTS) is 1. The van der Waals surface area contributed by atoms with Crippen molar-refractivity contribution < 1.29 is 19.1 Å². The van der Waals surface area contributed by atoms with Crippen molar-refractivity contribution in [3.05, 3.63) is 34.6 Å². The highest BCUT2D eigenvalue weighted by Crippen LogP contribution is 2.35. The average molecular weight is 272 g/mol. The van der Waals surface area contributed by atoms with Gasteiger partial charge in [-0.1, -0.05) is 17.7 Å². The molecule has 1 N–H and O–H groups in total. The lowest BCUT2D eigenvalue weighted by atomic mass is 10.1. The summed E-state index contributed by atoms with van der Waals surface area (Å²) in [5.74, 6) is -1.72. The van der Waals surface area contributed by atoms with Crippen LogP contribution in [0, 0.1) is 5.82 Å². The number of amides is 1. The van der Waals surface area contributed by atoms with Gasteiger partial charge in [0.2, 0.25) is 6.41 Å². The van der Waals surface area contributed by atoms with E-state index in [-0.39, 0.29) is 16.6 Å². The van der Waals surface area contributed by atoms with E-state index < -0.39 is 17.8 Å². The minimum atomic E-state index is -1.18. The predicted octanol–water partition coefficient (Wildman–Crippen LogP) is 2.23. The predicted molar refractivity (Wildman–Crippen MR) is 62.7 cm³/mol. The van der Waals surface area contributed by atoms with Crippen molar-refractivity contribution >= 4 is 24.0 Å². The fourth-order valence-corrected chi connectivity index (χ4v) is 2.15. The highest BCUT2D eigenvalue weighted by molar-refractivity contribution is 6.31. The van der Waals surface area contributed by atoms with Crippen LogP contribution in [-0.4, -0.2) is 28.4 Å². The number of rotatable bonds is 5.